The third kappa shape index (κ3) is 4.80. The molecule has 6 nitrogen and oxygen atoms in total. The second-order valence-electron chi connectivity index (χ2n) is 11.9. The Morgan fingerprint density at radius 2 is 2.08 bits per heavy atom. The van der Waals surface area contributed by atoms with Crippen molar-refractivity contribution in [2.24, 2.45) is 11.8 Å². The highest BCUT2D eigenvalue weighted by Gasteiger charge is 2.45. The number of halogens is 1. The fourth-order valence-electron chi connectivity index (χ4n) is 7.39. The molecule has 0 unspecified atom stereocenters. The van der Waals surface area contributed by atoms with Crippen LogP contribution in [0.3, 0.4) is 0 Å². The largest absolute Gasteiger partial charge is 0.490 e. The molecule has 1 N–H and O–H groups in total. The van der Waals surface area contributed by atoms with Gasteiger partial charge in [0, 0.05) is 23.5 Å². The van der Waals surface area contributed by atoms with E-state index in [-0.39, 0.29) is 29.7 Å². The van der Waals surface area contributed by atoms with Gasteiger partial charge in [0.2, 0.25) is 0 Å². The molecular formula is C31H38ClNO5. The van der Waals surface area contributed by atoms with Gasteiger partial charge in [-0.25, -0.2) is 4.79 Å². The van der Waals surface area contributed by atoms with Gasteiger partial charge >= 0.3 is 5.97 Å². The number of methoxy groups -OCH3 is 1. The van der Waals surface area contributed by atoms with Gasteiger partial charge in [-0.05, 0) is 105 Å². The van der Waals surface area contributed by atoms with Gasteiger partial charge < -0.3 is 24.2 Å². The molecule has 2 aromatic carbocycles. The van der Waals surface area contributed by atoms with E-state index in [0.717, 1.165) is 68.1 Å². The lowest BCUT2D eigenvalue weighted by Crippen LogP contribution is -2.51. The predicted octanol–water partition coefficient (Wildman–Crippen LogP) is 5.55. The molecule has 2 aliphatic carbocycles. The first kappa shape index (κ1) is 26.0. The van der Waals surface area contributed by atoms with Crippen LogP contribution < -0.4 is 9.64 Å². The number of carbonyl (C=O) groups is 1. The third-order valence-electron chi connectivity index (χ3n) is 9.38. The highest BCUT2D eigenvalue weighted by atomic mass is 35.5. The Bertz CT molecular complexity index is 1190. The van der Waals surface area contributed by atoms with Crippen LogP contribution in [0.15, 0.2) is 36.4 Å². The minimum absolute atomic E-state index is 0.0914. The third-order valence-corrected chi connectivity index (χ3v) is 9.62. The number of hydrogen-bond donors (Lipinski definition) is 1. The maximum atomic E-state index is 12.5. The molecule has 204 valence electrons. The fraction of sp³-hybridized carbons (Fsp3) is 0.581. The minimum atomic E-state index is -0.343. The summed E-state index contributed by atoms with van der Waals surface area (Å²) >= 11 is 6.39. The van der Waals surface area contributed by atoms with Gasteiger partial charge in [0.1, 0.15) is 5.75 Å². The van der Waals surface area contributed by atoms with E-state index in [0.29, 0.717) is 30.4 Å². The number of ether oxygens (including phenoxy) is 3. The van der Waals surface area contributed by atoms with Gasteiger partial charge in [0.15, 0.2) is 0 Å². The first-order valence-corrected chi connectivity index (χ1v) is 14.5. The average Bonchev–Trinajstić information content (AvgIpc) is 3.02. The number of carbonyl (C=O) groups excluding carboxylic acids is 1. The Kier molecular flexibility index (Phi) is 7.08. The summed E-state index contributed by atoms with van der Waals surface area (Å²) < 4.78 is 17.9. The smallest absolute Gasteiger partial charge is 0.337 e. The van der Waals surface area contributed by atoms with Gasteiger partial charge in [-0.15, -0.1) is 0 Å². The summed E-state index contributed by atoms with van der Waals surface area (Å²) in [4.78, 5) is 14.9. The molecule has 4 aliphatic rings. The molecule has 38 heavy (non-hydrogen) atoms. The van der Waals surface area contributed by atoms with Gasteiger partial charge in [-0.3, -0.25) is 0 Å². The summed E-state index contributed by atoms with van der Waals surface area (Å²) in [6.07, 6.45) is 6.76. The van der Waals surface area contributed by atoms with Crippen LogP contribution in [0.1, 0.15) is 66.9 Å². The average molecular weight is 540 g/mol. The zero-order valence-electron chi connectivity index (χ0n) is 22.3. The van der Waals surface area contributed by atoms with E-state index in [4.69, 9.17) is 25.8 Å². The SMILES string of the molecule is COC(=O)c1ccc2c(c1)N(C[C@@H]1CC[C@H]1[C@H]1C[C@H](O)C[C@@H](C)O1)C[C@@]1(CCCc3cc(Cl)ccc31)CO2. The van der Waals surface area contributed by atoms with E-state index in [1.54, 1.807) is 6.07 Å². The molecule has 0 bridgehead atoms. The number of esters is 1. The number of rotatable bonds is 4. The molecule has 2 heterocycles. The molecule has 6 atom stereocenters. The van der Waals surface area contributed by atoms with Crippen molar-refractivity contribution < 1.29 is 24.1 Å². The van der Waals surface area contributed by atoms with Crippen molar-refractivity contribution in [3.8, 4) is 5.75 Å². The normalized spacial score (nSPS) is 32.4. The predicted molar refractivity (Wildman–Crippen MR) is 147 cm³/mol. The Labute approximate surface area is 230 Å². The van der Waals surface area contributed by atoms with Gasteiger partial charge in [-0.2, -0.15) is 0 Å². The Hall–Kier alpha value is -2.28. The van der Waals surface area contributed by atoms with Crippen molar-refractivity contribution >= 4 is 23.3 Å². The van der Waals surface area contributed by atoms with Crippen LogP contribution in [0.5, 0.6) is 5.75 Å². The molecule has 7 heteroatoms. The van der Waals surface area contributed by atoms with Crippen LogP contribution in [-0.4, -0.2) is 56.2 Å². The number of hydrogen-bond acceptors (Lipinski definition) is 6. The molecular weight excluding hydrogens is 502 g/mol. The number of nitrogens with zero attached hydrogens (tertiary/aromatic N) is 1. The fourth-order valence-corrected chi connectivity index (χ4v) is 7.58. The second kappa shape index (κ2) is 10.4. The molecule has 1 saturated carbocycles. The Morgan fingerprint density at radius 1 is 1.21 bits per heavy atom. The molecule has 2 aromatic rings. The molecule has 1 saturated heterocycles. The second-order valence-corrected chi connectivity index (χ2v) is 12.3. The van der Waals surface area contributed by atoms with Crippen LogP contribution in [0.2, 0.25) is 5.02 Å². The summed E-state index contributed by atoms with van der Waals surface area (Å²) in [5, 5.41) is 11.2. The number of anilines is 1. The van der Waals surface area contributed by atoms with E-state index < -0.39 is 0 Å². The van der Waals surface area contributed by atoms with Crippen molar-refractivity contribution in [2.45, 2.75) is 75.6 Å². The topological polar surface area (TPSA) is 68.2 Å². The lowest BCUT2D eigenvalue weighted by molar-refractivity contribution is -0.135. The number of aliphatic hydroxyl groups is 1. The molecule has 6 rings (SSSR count). The van der Waals surface area contributed by atoms with Gasteiger partial charge in [-0.1, -0.05) is 17.7 Å². The number of benzene rings is 2. The Balaban J connectivity index is 1.34. The van der Waals surface area contributed by atoms with Crippen molar-refractivity contribution in [3.63, 3.8) is 0 Å². The first-order chi connectivity index (χ1) is 18.3. The first-order valence-electron chi connectivity index (χ1n) is 14.1. The highest BCUT2D eigenvalue weighted by Crippen LogP contribution is 2.47. The van der Waals surface area contributed by atoms with E-state index in [9.17, 15) is 9.90 Å². The maximum Gasteiger partial charge on any atom is 0.337 e. The molecule has 0 amide bonds. The maximum absolute atomic E-state index is 12.5. The lowest BCUT2D eigenvalue weighted by atomic mass is 9.67. The summed E-state index contributed by atoms with van der Waals surface area (Å²) in [5.74, 6) is 1.35. The summed E-state index contributed by atoms with van der Waals surface area (Å²) in [5.41, 5.74) is 3.97. The molecule has 0 radical (unpaired) electrons. The van der Waals surface area contributed by atoms with E-state index in [1.807, 2.05) is 18.2 Å². The van der Waals surface area contributed by atoms with Crippen LogP contribution >= 0.6 is 11.6 Å². The van der Waals surface area contributed by atoms with Crippen molar-refractivity contribution in [1.82, 2.24) is 0 Å². The quantitative estimate of drug-likeness (QED) is 0.513. The van der Waals surface area contributed by atoms with Crippen molar-refractivity contribution in [2.75, 3.05) is 31.7 Å². The molecule has 2 aliphatic heterocycles. The number of aryl methyl sites for hydroxylation is 1. The van der Waals surface area contributed by atoms with Crippen molar-refractivity contribution in [3.05, 3.63) is 58.1 Å². The standard InChI is InChI=1S/C31H38ClNO5/c1-19-12-24(34)15-29(38-19)25-8-5-22(25)16-33-17-31(11-3-4-20-13-23(32)7-9-26(20)31)18-37-28-10-6-21(14-27(28)33)30(35)36-2/h6-7,9-10,13-14,19,22,24-25,29,34H,3-5,8,11-12,15-18H2,1-2H3/t19-,22+,24-,25-,29-,31+/m1/s1. The van der Waals surface area contributed by atoms with Crippen LogP contribution in [0, 0.1) is 11.8 Å². The highest BCUT2D eigenvalue weighted by molar-refractivity contribution is 6.30. The van der Waals surface area contributed by atoms with E-state index in [2.05, 4.69) is 24.0 Å². The zero-order chi connectivity index (χ0) is 26.4. The molecule has 0 aromatic heterocycles. The minimum Gasteiger partial charge on any atom is -0.490 e. The number of aliphatic hydroxyl groups excluding tert-OH is 1. The Morgan fingerprint density at radius 3 is 2.84 bits per heavy atom. The zero-order valence-corrected chi connectivity index (χ0v) is 23.1. The van der Waals surface area contributed by atoms with Crippen molar-refractivity contribution in [1.29, 1.82) is 0 Å². The monoisotopic (exact) mass is 539 g/mol. The lowest BCUT2D eigenvalue weighted by Gasteiger charge is -2.48. The van der Waals surface area contributed by atoms with Gasteiger partial charge in [0.05, 0.1) is 43.3 Å². The molecule has 2 fully saturated rings. The van der Waals surface area contributed by atoms with E-state index >= 15 is 0 Å². The number of fused-ring (bicyclic) bond motifs is 3. The summed E-state index contributed by atoms with van der Waals surface area (Å²) in [6, 6.07) is 12.0. The van der Waals surface area contributed by atoms with Gasteiger partial charge in [0.25, 0.3) is 0 Å². The van der Waals surface area contributed by atoms with Crippen LogP contribution in [-0.2, 0) is 21.3 Å². The van der Waals surface area contributed by atoms with Crippen LogP contribution in [0.4, 0.5) is 5.69 Å². The summed E-state index contributed by atoms with van der Waals surface area (Å²) in [6.45, 7) is 4.33. The summed E-state index contributed by atoms with van der Waals surface area (Å²) in [7, 11) is 1.42. The van der Waals surface area contributed by atoms with E-state index in [1.165, 1.54) is 18.2 Å². The molecule has 1 spiro atoms. The van der Waals surface area contributed by atoms with Crippen LogP contribution in [0.25, 0.3) is 0 Å².